The number of methoxy groups -OCH3 is 1. The quantitative estimate of drug-likeness (QED) is 0.179. The van der Waals surface area contributed by atoms with Crippen LogP contribution in [0.4, 0.5) is 4.39 Å². The molecule has 41 heavy (non-hydrogen) atoms. The van der Waals surface area contributed by atoms with E-state index in [-0.39, 0.29) is 34.6 Å². The Kier molecular flexibility index (Phi) is 7.17. The van der Waals surface area contributed by atoms with Gasteiger partial charge >= 0.3 is 0 Å². The van der Waals surface area contributed by atoms with Crippen molar-refractivity contribution in [2.45, 2.75) is 6.61 Å². The normalized spacial score (nSPS) is 11.5. The smallest absolute Gasteiger partial charge is 0.282 e. The Morgan fingerprint density at radius 1 is 1.02 bits per heavy atom. The van der Waals surface area contributed by atoms with Gasteiger partial charge in [0, 0.05) is 16.0 Å². The van der Waals surface area contributed by atoms with Crippen LogP contribution in [0.25, 0.3) is 33.5 Å². The lowest BCUT2D eigenvalue weighted by Gasteiger charge is -2.14. The van der Waals surface area contributed by atoms with Gasteiger partial charge in [-0.15, -0.1) is 0 Å². The molecule has 0 radical (unpaired) electrons. The average Bonchev–Trinajstić information content (AvgIpc) is 3.39. The highest BCUT2D eigenvalue weighted by atomic mass is 35.5. The molecule has 0 saturated carbocycles. The van der Waals surface area contributed by atoms with E-state index >= 15 is 0 Å². The van der Waals surface area contributed by atoms with Gasteiger partial charge in [-0.3, -0.25) is 4.79 Å². The van der Waals surface area contributed by atoms with E-state index < -0.39 is 0 Å². The number of halogens is 3. The van der Waals surface area contributed by atoms with Crippen LogP contribution in [-0.2, 0) is 6.61 Å². The van der Waals surface area contributed by atoms with Crippen molar-refractivity contribution in [2.24, 2.45) is 5.10 Å². The second-order valence-corrected chi connectivity index (χ2v) is 9.86. The molecule has 0 saturated heterocycles. The third-order valence-corrected chi connectivity index (χ3v) is 6.87. The maximum Gasteiger partial charge on any atom is 0.282 e. The minimum atomic E-state index is -0.386. The minimum absolute atomic E-state index is 0.0413. The summed E-state index contributed by atoms with van der Waals surface area (Å²) >= 11 is 12.7. The first-order valence-electron chi connectivity index (χ1n) is 12.4. The summed E-state index contributed by atoms with van der Waals surface area (Å²) in [6.45, 7) is -0.0413. The summed E-state index contributed by atoms with van der Waals surface area (Å²) < 4.78 is 32.5. The summed E-state index contributed by atoms with van der Waals surface area (Å²) in [5, 5.41) is 6.39. The molecule has 0 fully saturated rings. The molecule has 0 amide bonds. The number of aromatic nitrogens is 2. The summed E-state index contributed by atoms with van der Waals surface area (Å²) in [6.07, 6.45) is 1.45. The highest BCUT2D eigenvalue weighted by molar-refractivity contribution is 6.32. The average molecular weight is 588 g/mol. The number of benzene rings is 4. The molecule has 6 aromatic rings. The van der Waals surface area contributed by atoms with E-state index in [1.165, 1.54) is 24.1 Å². The molecule has 0 N–H and O–H groups in total. The fourth-order valence-electron chi connectivity index (χ4n) is 4.36. The number of hydrogen-bond acceptors (Lipinski definition) is 6. The molecule has 2 heterocycles. The number of ether oxygens (including phenoxy) is 2. The van der Waals surface area contributed by atoms with Gasteiger partial charge in [0.2, 0.25) is 5.82 Å². The van der Waals surface area contributed by atoms with Crippen molar-refractivity contribution in [3.05, 3.63) is 122 Å². The fraction of sp³-hybridized carbons (Fsp3) is 0.0645. The number of nitrogens with zero attached hydrogens (tertiary/aromatic N) is 3. The number of hydrogen-bond donors (Lipinski definition) is 0. The number of para-hydroxylation sites is 1. The van der Waals surface area contributed by atoms with Gasteiger partial charge in [-0.2, -0.15) is 9.78 Å². The molecule has 0 aliphatic carbocycles. The van der Waals surface area contributed by atoms with E-state index in [0.717, 1.165) is 5.39 Å². The summed E-state index contributed by atoms with van der Waals surface area (Å²) in [5.41, 5.74) is 1.60. The van der Waals surface area contributed by atoms with Crippen molar-refractivity contribution in [3.8, 4) is 23.1 Å². The van der Waals surface area contributed by atoms with Gasteiger partial charge in [0.15, 0.2) is 17.3 Å². The lowest BCUT2D eigenvalue weighted by Crippen LogP contribution is -2.20. The van der Waals surface area contributed by atoms with Crippen LogP contribution in [-0.4, -0.2) is 23.0 Å². The Morgan fingerprint density at radius 2 is 1.83 bits per heavy atom. The molecule has 7 nitrogen and oxygen atoms in total. The Labute approximate surface area is 243 Å². The van der Waals surface area contributed by atoms with E-state index in [0.29, 0.717) is 44.1 Å². The summed E-state index contributed by atoms with van der Waals surface area (Å²) in [7, 11) is 1.46. The molecule has 0 aliphatic rings. The lowest BCUT2D eigenvalue weighted by atomic mass is 10.2. The van der Waals surface area contributed by atoms with Gasteiger partial charge in [0.25, 0.3) is 5.56 Å². The number of fused-ring (bicyclic) bond motifs is 2. The van der Waals surface area contributed by atoms with Crippen LogP contribution in [0.5, 0.6) is 11.5 Å². The van der Waals surface area contributed by atoms with Crippen LogP contribution in [0.1, 0.15) is 11.1 Å². The lowest BCUT2D eigenvalue weighted by molar-refractivity contribution is 0.280. The van der Waals surface area contributed by atoms with Crippen LogP contribution >= 0.6 is 23.2 Å². The van der Waals surface area contributed by atoms with E-state index in [9.17, 15) is 9.18 Å². The molecule has 0 spiro atoms. The standard InChI is InChI=1S/C31H20Cl2FN3O4/c1-39-27-13-18(12-23(33)29(27)40-17-19-6-2-4-8-24(19)34)16-35-37-30(36-25-9-5-3-7-22(25)31(37)38)28-15-20-14-21(32)10-11-26(20)41-28/h2-16H,17H2,1H3. The molecule has 0 bridgehead atoms. The first-order chi connectivity index (χ1) is 19.9. The van der Waals surface area contributed by atoms with Crippen molar-refractivity contribution in [3.63, 3.8) is 0 Å². The van der Waals surface area contributed by atoms with E-state index in [1.807, 2.05) is 0 Å². The van der Waals surface area contributed by atoms with Crippen LogP contribution in [0.15, 0.2) is 99.2 Å². The molecular weight excluding hydrogens is 568 g/mol. The number of furan rings is 1. The fourth-order valence-corrected chi connectivity index (χ4v) is 4.81. The van der Waals surface area contributed by atoms with Crippen molar-refractivity contribution in [1.29, 1.82) is 0 Å². The third-order valence-electron chi connectivity index (χ3n) is 6.36. The monoisotopic (exact) mass is 587 g/mol. The van der Waals surface area contributed by atoms with E-state index in [1.54, 1.807) is 78.9 Å². The zero-order valence-electron chi connectivity index (χ0n) is 21.5. The topological polar surface area (TPSA) is 78.9 Å². The molecule has 0 atom stereocenters. The van der Waals surface area contributed by atoms with Crippen molar-refractivity contribution < 1.29 is 18.3 Å². The molecule has 0 aliphatic heterocycles. The second kappa shape index (κ2) is 11.1. The predicted molar refractivity (Wildman–Crippen MR) is 158 cm³/mol. The van der Waals surface area contributed by atoms with Gasteiger partial charge in [-0.05, 0) is 60.2 Å². The third kappa shape index (κ3) is 5.27. The first-order valence-corrected chi connectivity index (χ1v) is 13.2. The van der Waals surface area contributed by atoms with Crippen LogP contribution in [0, 0.1) is 5.82 Å². The molecule has 2 aromatic heterocycles. The summed E-state index contributed by atoms with van der Waals surface area (Å²) in [4.78, 5) is 18.2. The highest BCUT2D eigenvalue weighted by Gasteiger charge is 2.17. The molecule has 0 unspecified atom stereocenters. The van der Waals surface area contributed by atoms with Crippen LogP contribution in [0.2, 0.25) is 10.0 Å². The van der Waals surface area contributed by atoms with Gasteiger partial charge in [0.1, 0.15) is 18.0 Å². The zero-order valence-corrected chi connectivity index (χ0v) is 23.0. The van der Waals surface area contributed by atoms with Gasteiger partial charge in [-0.25, -0.2) is 9.37 Å². The van der Waals surface area contributed by atoms with Crippen molar-refractivity contribution in [1.82, 2.24) is 9.66 Å². The van der Waals surface area contributed by atoms with Crippen molar-refractivity contribution in [2.75, 3.05) is 7.11 Å². The SMILES string of the molecule is COc1cc(C=Nn2c(-c3cc4cc(Cl)ccc4o3)nc3ccccc3c2=O)cc(Cl)c1OCc1ccccc1F. The number of rotatable bonds is 7. The van der Waals surface area contributed by atoms with Gasteiger partial charge < -0.3 is 13.9 Å². The zero-order chi connectivity index (χ0) is 28.5. The Morgan fingerprint density at radius 3 is 2.66 bits per heavy atom. The Hall–Kier alpha value is -4.66. The largest absolute Gasteiger partial charge is 0.493 e. The Bertz CT molecular complexity index is 2020. The van der Waals surface area contributed by atoms with Crippen molar-refractivity contribution >= 4 is 51.3 Å². The van der Waals surface area contributed by atoms with Crippen LogP contribution in [0.3, 0.4) is 0 Å². The molecule has 204 valence electrons. The van der Waals surface area contributed by atoms with Crippen LogP contribution < -0.4 is 15.0 Å². The van der Waals surface area contributed by atoms with E-state index in [4.69, 9.17) is 37.1 Å². The molecular formula is C31H20Cl2FN3O4. The molecule has 4 aromatic carbocycles. The minimum Gasteiger partial charge on any atom is -0.493 e. The molecule has 6 rings (SSSR count). The summed E-state index contributed by atoms with van der Waals surface area (Å²) in [6, 6.07) is 23.5. The maximum atomic E-state index is 14.1. The molecule has 10 heteroatoms. The highest BCUT2D eigenvalue weighted by Crippen LogP contribution is 2.37. The second-order valence-electron chi connectivity index (χ2n) is 9.02. The van der Waals surface area contributed by atoms with E-state index in [2.05, 4.69) is 10.1 Å². The predicted octanol–water partition coefficient (Wildman–Crippen LogP) is 7.73. The first kappa shape index (κ1) is 26.6. The van der Waals surface area contributed by atoms with Gasteiger partial charge in [0.05, 0.1) is 29.2 Å². The summed E-state index contributed by atoms with van der Waals surface area (Å²) in [5.74, 6) is 0.730. The Balaban J connectivity index is 1.40. The van der Waals surface area contributed by atoms with Gasteiger partial charge in [-0.1, -0.05) is 53.5 Å². The maximum absolute atomic E-state index is 14.1.